The summed E-state index contributed by atoms with van der Waals surface area (Å²) in [7, 11) is 0. The van der Waals surface area contributed by atoms with Crippen molar-refractivity contribution < 1.29 is 19.2 Å². The third kappa shape index (κ3) is 4.44. The Morgan fingerprint density at radius 2 is 2.09 bits per heavy atom. The number of nitro groups is 1. The van der Waals surface area contributed by atoms with Crippen molar-refractivity contribution in [2.24, 2.45) is 0 Å². The fourth-order valence-electron chi connectivity index (χ4n) is 2.13. The first-order chi connectivity index (χ1) is 10.6. The zero-order chi connectivity index (χ0) is 15.9. The van der Waals surface area contributed by atoms with Gasteiger partial charge in [0.05, 0.1) is 4.92 Å². The van der Waals surface area contributed by atoms with Gasteiger partial charge in [-0.2, -0.15) is 0 Å². The molecule has 2 rings (SSSR count). The molecule has 0 aromatic heterocycles. The van der Waals surface area contributed by atoms with E-state index >= 15 is 0 Å². The predicted octanol–water partition coefficient (Wildman–Crippen LogP) is 0.758. The van der Waals surface area contributed by atoms with Crippen LogP contribution in [-0.4, -0.2) is 35.9 Å². The second kappa shape index (κ2) is 7.39. The minimum atomic E-state index is -0.532. The van der Waals surface area contributed by atoms with E-state index in [4.69, 9.17) is 4.74 Å². The average molecular weight is 307 g/mol. The normalized spacial score (nSPS) is 18.0. The average Bonchev–Trinajstić information content (AvgIpc) is 2.70. The van der Waals surface area contributed by atoms with Gasteiger partial charge in [-0.25, -0.2) is 0 Å². The van der Waals surface area contributed by atoms with Gasteiger partial charge < -0.3 is 15.4 Å². The van der Waals surface area contributed by atoms with Crippen molar-refractivity contribution in [2.45, 2.75) is 25.3 Å². The first kappa shape index (κ1) is 15.7. The van der Waals surface area contributed by atoms with Crippen molar-refractivity contribution in [1.29, 1.82) is 0 Å². The van der Waals surface area contributed by atoms with Crippen LogP contribution in [0.25, 0.3) is 0 Å². The van der Waals surface area contributed by atoms with Crippen LogP contribution in [0.5, 0.6) is 5.75 Å². The molecule has 0 saturated carbocycles. The minimum Gasteiger partial charge on any atom is -0.484 e. The number of carbonyl (C=O) groups excluding carboxylic acids is 2. The lowest BCUT2D eigenvalue weighted by Gasteiger charge is -2.15. The first-order valence-corrected chi connectivity index (χ1v) is 7.00. The van der Waals surface area contributed by atoms with Gasteiger partial charge in [0.1, 0.15) is 11.8 Å². The molecule has 1 saturated heterocycles. The van der Waals surface area contributed by atoms with Crippen molar-refractivity contribution >= 4 is 17.5 Å². The second-order valence-electron chi connectivity index (χ2n) is 4.95. The predicted molar refractivity (Wildman–Crippen MR) is 77.4 cm³/mol. The van der Waals surface area contributed by atoms with Crippen molar-refractivity contribution in [3.63, 3.8) is 0 Å². The molecule has 0 spiro atoms. The molecule has 118 valence electrons. The third-order valence-electron chi connectivity index (χ3n) is 3.29. The Kier molecular flexibility index (Phi) is 5.29. The summed E-state index contributed by atoms with van der Waals surface area (Å²) in [6, 6.07) is 4.90. The van der Waals surface area contributed by atoms with Gasteiger partial charge in [-0.15, -0.1) is 0 Å². The van der Waals surface area contributed by atoms with Crippen LogP contribution >= 0.6 is 0 Å². The molecule has 1 fully saturated rings. The largest absolute Gasteiger partial charge is 0.484 e. The van der Waals surface area contributed by atoms with E-state index in [1.165, 1.54) is 24.3 Å². The monoisotopic (exact) mass is 307 g/mol. The summed E-state index contributed by atoms with van der Waals surface area (Å²) in [4.78, 5) is 33.5. The molecule has 2 amide bonds. The van der Waals surface area contributed by atoms with Crippen LogP contribution in [0.2, 0.25) is 0 Å². The van der Waals surface area contributed by atoms with Gasteiger partial charge in [-0.3, -0.25) is 19.7 Å². The highest BCUT2D eigenvalue weighted by Crippen LogP contribution is 2.17. The standard InChI is InChI=1S/C14H17N3O5/c18-13(16-12-3-1-2-8-15-14(12)19)9-22-11-6-4-10(5-7-11)17(20)21/h4-7,12H,1-3,8-9H2,(H,15,19)(H,16,18)/t12-/m1/s1. The lowest BCUT2D eigenvalue weighted by molar-refractivity contribution is -0.384. The van der Waals surface area contributed by atoms with Crippen LogP contribution in [-0.2, 0) is 9.59 Å². The summed E-state index contributed by atoms with van der Waals surface area (Å²) in [6.45, 7) is 0.381. The maximum absolute atomic E-state index is 11.8. The summed E-state index contributed by atoms with van der Waals surface area (Å²) in [6.07, 6.45) is 2.37. The van der Waals surface area contributed by atoms with Gasteiger partial charge in [-0.1, -0.05) is 0 Å². The molecule has 1 aliphatic rings. The molecule has 8 nitrogen and oxygen atoms in total. The van der Waals surface area contributed by atoms with Crippen LogP contribution in [0.3, 0.4) is 0 Å². The van der Waals surface area contributed by atoms with E-state index in [0.29, 0.717) is 18.7 Å². The molecular formula is C14H17N3O5. The van der Waals surface area contributed by atoms with Crippen LogP contribution in [0, 0.1) is 10.1 Å². The van der Waals surface area contributed by atoms with Gasteiger partial charge in [0.2, 0.25) is 5.91 Å². The maximum atomic E-state index is 11.8. The molecule has 0 aliphatic carbocycles. The number of nitro benzene ring substituents is 1. The number of amides is 2. The molecule has 0 radical (unpaired) electrons. The van der Waals surface area contributed by atoms with Gasteiger partial charge >= 0.3 is 0 Å². The number of non-ortho nitro benzene ring substituents is 1. The lowest BCUT2D eigenvalue weighted by atomic mass is 10.1. The third-order valence-corrected chi connectivity index (χ3v) is 3.29. The highest BCUT2D eigenvalue weighted by Gasteiger charge is 2.22. The summed E-state index contributed by atoms with van der Waals surface area (Å²) < 4.78 is 5.24. The van der Waals surface area contributed by atoms with Gasteiger partial charge in [0, 0.05) is 18.7 Å². The van der Waals surface area contributed by atoms with Gasteiger partial charge in [0.25, 0.3) is 11.6 Å². The lowest BCUT2D eigenvalue weighted by Crippen LogP contribution is -2.46. The van der Waals surface area contributed by atoms with E-state index < -0.39 is 16.9 Å². The number of rotatable bonds is 5. The Balaban J connectivity index is 1.81. The summed E-state index contributed by atoms with van der Waals surface area (Å²) in [5, 5.41) is 15.9. The zero-order valence-electron chi connectivity index (χ0n) is 11.9. The fourth-order valence-corrected chi connectivity index (χ4v) is 2.13. The SMILES string of the molecule is O=C(COc1ccc([N+](=O)[O-])cc1)N[C@@H]1CCCCNC1=O. The zero-order valence-corrected chi connectivity index (χ0v) is 11.9. The number of nitrogens with zero attached hydrogens (tertiary/aromatic N) is 1. The quantitative estimate of drug-likeness (QED) is 0.616. The number of hydrogen-bond donors (Lipinski definition) is 2. The van der Waals surface area contributed by atoms with Gasteiger partial charge in [0.15, 0.2) is 6.61 Å². The van der Waals surface area contributed by atoms with Crippen molar-refractivity contribution in [1.82, 2.24) is 10.6 Å². The molecule has 22 heavy (non-hydrogen) atoms. The van der Waals surface area contributed by atoms with E-state index in [1.54, 1.807) is 0 Å². The Morgan fingerprint density at radius 1 is 1.36 bits per heavy atom. The van der Waals surface area contributed by atoms with Crippen molar-refractivity contribution in [3.05, 3.63) is 34.4 Å². The second-order valence-corrected chi connectivity index (χ2v) is 4.95. The first-order valence-electron chi connectivity index (χ1n) is 7.00. The number of benzene rings is 1. The highest BCUT2D eigenvalue weighted by atomic mass is 16.6. The maximum Gasteiger partial charge on any atom is 0.269 e. The topological polar surface area (TPSA) is 111 Å². The minimum absolute atomic E-state index is 0.0491. The summed E-state index contributed by atoms with van der Waals surface area (Å²) in [5.41, 5.74) is -0.0491. The Labute approximate surface area is 127 Å². The molecular weight excluding hydrogens is 290 g/mol. The molecule has 1 heterocycles. The van der Waals surface area contributed by atoms with Crippen molar-refractivity contribution in [2.75, 3.05) is 13.2 Å². The molecule has 2 N–H and O–H groups in total. The van der Waals surface area contributed by atoms with E-state index in [9.17, 15) is 19.7 Å². The van der Waals surface area contributed by atoms with Crippen LogP contribution < -0.4 is 15.4 Å². The number of carbonyl (C=O) groups is 2. The number of ether oxygens (including phenoxy) is 1. The van der Waals surface area contributed by atoms with E-state index in [0.717, 1.165) is 12.8 Å². The molecule has 8 heteroatoms. The summed E-state index contributed by atoms with van der Waals surface area (Å²) >= 11 is 0. The summed E-state index contributed by atoms with van der Waals surface area (Å²) in [5.74, 6) is -0.229. The number of nitrogens with one attached hydrogen (secondary N) is 2. The van der Waals surface area contributed by atoms with Crippen LogP contribution in [0.4, 0.5) is 5.69 Å². The molecule has 1 aromatic rings. The Hall–Kier alpha value is -2.64. The van der Waals surface area contributed by atoms with E-state index in [-0.39, 0.29) is 18.2 Å². The molecule has 1 aromatic carbocycles. The number of hydrogen-bond acceptors (Lipinski definition) is 5. The van der Waals surface area contributed by atoms with Crippen LogP contribution in [0.15, 0.2) is 24.3 Å². The smallest absolute Gasteiger partial charge is 0.269 e. The van der Waals surface area contributed by atoms with Crippen LogP contribution in [0.1, 0.15) is 19.3 Å². The van der Waals surface area contributed by atoms with E-state index in [2.05, 4.69) is 10.6 Å². The van der Waals surface area contributed by atoms with E-state index in [1.807, 2.05) is 0 Å². The highest BCUT2D eigenvalue weighted by molar-refractivity contribution is 5.88. The Bertz CT molecular complexity index is 558. The fraction of sp³-hybridized carbons (Fsp3) is 0.429. The molecule has 0 unspecified atom stereocenters. The molecule has 1 aliphatic heterocycles. The van der Waals surface area contributed by atoms with Crippen molar-refractivity contribution in [3.8, 4) is 5.75 Å². The van der Waals surface area contributed by atoms with Gasteiger partial charge in [-0.05, 0) is 31.4 Å². The molecule has 1 atom stereocenters. The molecule has 0 bridgehead atoms. The Morgan fingerprint density at radius 3 is 2.77 bits per heavy atom.